The van der Waals surface area contributed by atoms with E-state index in [1.165, 1.54) is 12.1 Å². The summed E-state index contributed by atoms with van der Waals surface area (Å²) in [7, 11) is 0. The van der Waals surface area contributed by atoms with E-state index in [2.05, 4.69) is 0 Å². The Labute approximate surface area is 108 Å². The maximum atomic E-state index is 13.6. The van der Waals surface area contributed by atoms with Crippen LogP contribution in [0.1, 0.15) is 23.7 Å². The van der Waals surface area contributed by atoms with Crippen molar-refractivity contribution in [2.45, 2.75) is 37.3 Å². The Morgan fingerprint density at radius 1 is 1.42 bits per heavy atom. The van der Waals surface area contributed by atoms with Crippen LogP contribution in [0, 0.1) is 0 Å². The van der Waals surface area contributed by atoms with Gasteiger partial charge in [0.25, 0.3) is 5.92 Å². The zero-order chi connectivity index (χ0) is 14.3. The standard InChI is InChI=1S/C13H14F2O4/c1-12(18)7-13(14,15)11(19-12)10(17)9(16)8-5-3-2-4-6-8/h2-6,10-11,17-18H,7H2,1H3/t10?,11-,12+/m1/s1. The molecule has 1 unspecified atom stereocenters. The van der Waals surface area contributed by atoms with Gasteiger partial charge in [0.15, 0.2) is 17.7 Å². The minimum Gasteiger partial charge on any atom is -0.382 e. The smallest absolute Gasteiger partial charge is 0.282 e. The summed E-state index contributed by atoms with van der Waals surface area (Å²) in [6.45, 7) is 1.07. The molecule has 1 aliphatic rings. The first kappa shape index (κ1) is 14.0. The lowest BCUT2D eigenvalue weighted by Gasteiger charge is -2.22. The van der Waals surface area contributed by atoms with Crippen LogP contribution in [0.25, 0.3) is 0 Å². The molecule has 0 spiro atoms. The number of ether oxygens (including phenoxy) is 1. The third-order valence-electron chi connectivity index (χ3n) is 2.97. The summed E-state index contributed by atoms with van der Waals surface area (Å²) in [5.41, 5.74) is 0.112. The topological polar surface area (TPSA) is 66.8 Å². The van der Waals surface area contributed by atoms with E-state index in [1.54, 1.807) is 18.2 Å². The number of carbonyl (C=O) groups is 1. The number of aliphatic hydroxyl groups excluding tert-OH is 1. The van der Waals surface area contributed by atoms with Gasteiger partial charge in [0.1, 0.15) is 6.10 Å². The number of aliphatic hydroxyl groups is 2. The first-order valence-electron chi connectivity index (χ1n) is 5.78. The summed E-state index contributed by atoms with van der Waals surface area (Å²) in [5.74, 6) is -6.37. The second-order valence-corrected chi connectivity index (χ2v) is 4.83. The molecular formula is C13H14F2O4. The second kappa shape index (κ2) is 4.63. The summed E-state index contributed by atoms with van der Waals surface area (Å²) >= 11 is 0. The number of hydrogen-bond donors (Lipinski definition) is 2. The van der Waals surface area contributed by atoms with Gasteiger partial charge in [-0.25, -0.2) is 8.78 Å². The Balaban J connectivity index is 2.21. The summed E-state index contributed by atoms with van der Waals surface area (Å²) < 4.78 is 32.0. The number of hydrogen-bond acceptors (Lipinski definition) is 4. The quantitative estimate of drug-likeness (QED) is 0.815. The molecule has 104 valence electrons. The van der Waals surface area contributed by atoms with Gasteiger partial charge in [-0.1, -0.05) is 30.3 Å². The van der Waals surface area contributed by atoms with Crippen LogP contribution in [-0.2, 0) is 4.74 Å². The minimum absolute atomic E-state index is 0.112. The monoisotopic (exact) mass is 272 g/mol. The van der Waals surface area contributed by atoms with Crippen LogP contribution in [0.2, 0.25) is 0 Å². The predicted octanol–water partition coefficient (Wildman–Crippen LogP) is 1.36. The van der Waals surface area contributed by atoms with Gasteiger partial charge in [-0.15, -0.1) is 0 Å². The van der Waals surface area contributed by atoms with Crippen LogP contribution in [-0.4, -0.2) is 39.9 Å². The number of benzene rings is 1. The zero-order valence-electron chi connectivity index (χ0n) is 10.2. The predicted molar refractivity (Wildman–Crippen MR) is 61.8 cm³/mol. The molecule has 6 heteroatoms. The fraction of sp³-hybridized carbons (Fsp3) is 0.462. The largest absolute Gasteiger partial charge is 0.382 e. The van der Waals surface area contributed by atoms with Gasteiger partial charge in [-0.2, -0.15) is 0 Å². The van der Waals surface area contributed by atoms with Crippen molar-refractivity contribution in [1.29, 1.82) is 0 Å². The molecule has 0 aromatic heterocycles. The summed E-state index contributed by atoms with van der Waals surface area (Å²) in [4.78, 5) is 11.9. The average molecular weight is 272 g/mol. The molecule has 0 aliphatic carbocycles. The number of rotatable bonds is 3. The average Bonchev–Trinajstić information content (AvgIpc) is 2.56. The Morgan fingerprint density at radius 2 is 2.00 bits per heavy atom. The first-order chi connectivity index (χ1) is 8.73. The highest BCUT2D eigenvalue weighted by molar-refractivity contribution is 5.99. The van der Waals surface area contributed by atoms with E-state index in [0.717, 1.165) is 6.92 Å². The third kappa shape index (κ3) is 2.80. The van der Waals surface area contributed by atoms with Gasteiger partial charge < -0.3 is 14.9 Å². The van der Waals surface area contributed by atoms with Gasteiger partial charge >= 0.3 is 0 Å². The molecule has 2 N–H and O–H groups in total. The number of alkyl halides is 2. The molecule has 1 aromatic rings. The molecule has 3 atom stereocenters. The Morgan fingerprint density at radius 3 is 2.47 bits per heavy atom. The van der Waals surface area contributed by atoms with Gasteiger partial charge in [-0.3, -0.25) is 4.79 Å². The van der Waals surface area contributed by atoms with E-state index in [-0.39, 0.29) is 5.56 Å². The van der Waals surface area contributed by atoms with Crippen molar-refractivity contribution in [3.63, 3.8) is 0 Å². The molecule has 4 nitrogen and oxygen atoms in total. The lowest BCUT2D eigenvalue weighted by molar-refractivity contribution is -0.198. The van der Waals surface area contributed by atoms with Crippen molar-refractivity contribution >= 4 is 5.78 Å². The first-order valence-corrected chi connectivity index (χ1v) is 5.78. The summed E-state index contributed by atoms with van der Waals surface area (Å²) in [6.07, 6.45) is -5.02. The summed E-state index contributed by atoms with van der Waals surface area (Å²) in [5, 5.41) is 19.3. The van der Waals surface area contributed by atoms with E-state index >= 15 is 0 Å². The summed E-state index contributed by atoms with van der Waals surface area (Å²) in [6, 6.07) is 7.61. The Kier molecular flexibility index (Phi) is 3.42. The SMILES string of the molecule is C[C@@]1(O)CC(F)(F)[C@@H](C(O)C(=O)c2ccccc2)O1. The highest BCUT2D eigenvalue weighted by Crippen LogP contribution is 2.42. The van der Waals surface area contributed by atoms with E-state index in [1.807, 2.05) is 0 Å². The van der Waals surface area contributed by atoms with E-state index in [0.29, 0.717) is 0 Å². The van der Waals surface area contributed by atoms with Crippen molar-refractivity contribution < 1.29 is 28.5 Å². The Bertz CT molecular complexity index is 473. The van der Waals surface area contributed by atoms with Gasteiger partial charge in [-0.05, 0) is 6.92 Å². The van der Waals surface area contributed by atoms with Crippen molar-refractivity contribution in [3.8, 4) is 0 Å². The number of Topliss-reactive ketones (excluding diaryl/α,β-unsaturated/α-hetero) is 1. The molecule has 1 saturated heterocycles. The molecule has 1 aliphatic heterocycles. The van der Waals surface area contributed by atoms with Crippen molar-refractivity contribution in [2.24, 2.45) is 0 Å². The molecule has 19 heavy (non-hydrogen) atoms. The molecule has 0 bridgehead atoms. The van der Waals surface area contributed by atoms with Crippen LogP contribution in [0.15, 0.2) is 30.3 Å². The molecule has 0 amide bonds. The van der Waals surface area contributed by atoms with Crippen LogP contribution in [0.5, 0.6) is 0 Å². The van der Waals surface area contributed by atoms with Crippen LogP contribution < -0.4 is 0 Å². The lowest BCUT2D eigenvalue weighted by atomic mass is 9.98. The molecular weight excluding hydrogens is 258 g/mol. The van der Waals surface area contributed by atoms with E-state index in [9.17, 15) is 23.8 Å². The molecule has 1 heterocycles. The van der Waals surface area contributed by atoms with Gasteiger partial charge in [0, 0.05) is 5.56 Å². The molecule has 1 fully saturated rings. The van der Waals surface area contributed by atoms with Crippen LogP contribution in [0.4, 0.5) is 8.78 Å². The lowest BCUT2D eigenvalue weighted by Crippen LogP contribution is -2.44. The third-order valence-corrected chi connectivity index (χ3v) is 2.97. The highest BCUT2D eigenvalue weighted by Gasteiger charge is 2.59. The van der Waals surface area contributed by atoms with Crippen molar-refractivity contribution in [3.05, 3.63) is 35.9 Å². The maximum Gasteiger partial charge on any atom is 0.282 e. The van der Waals surface area contributed by atoms with E-state index in [4.69, 9.17) is 4.74 Å². The van der Waals surface area contributed by atoms with Crippen molar-refractivity contribution in [2.75, 3.05) is 0 Å². The number of carbonyl (C=O) groups excluding carboxylic acids is 1. The minimum atomic E-state index is -3.46. The molecule has 0 saturated carbocycles. The van der Waals surface area contributed by atoms with Crippen LogP contribution in [0.3, 0.4) is 0 Å². The number of ketones is 1. The van der Waals surface area contributed by atoms with E-state index < -0.39 is 36.1 Å². The highest BCUT2D eigenvalue weighted by atomic mass is 19.3. The van der Waals surface area contributed by atoms with Gasteiger partial charge in [0.05, 0.1) is 6.42 Å². The second-order valence-electron chi connectivity index (χ2n) is 4.83. The zero-order valence-corrected chi connectivity index (χ0v) is 10.2. The normalized spacial score (nSPS) is 31.1. The molecule has 2 rings (SSSR count). The van der Waals surface area contributed by atoms with Gasteiger partial charge in [0.2, 0.25) is 0 Å². The fourth-order valence-corrected chi connectivity index (χ4v) is 2.15. The number of halogens is 2. The Hall–Kier alpha value is -1.37. The fourth-order valence-electron chi connectivity index (χ4n) is 2.15. The van der Waals surface area contributed by atoms with Crippen molar-refractivity contribution in [1.82, 2.24) is 0 Å². The molecule has 1 aromatic carbocycles. The van der Waals surface area contributed by atoms with Crippen LogP contribution >= 0.6 is 0 Å². The molecule has 0 radical (unpaired) electrons. The maximum absolute atomic E-state index is 13.6.